The van der Waals surface area contributed by atoms with Crippen LogP contribution in [0.2, 0.25) is 0 Å². The first-order chi connectivity index (χ1) is 8.38. The summed E-state index contributed by atoms with van der Waals surface area (Å²) < 4.78 is 0. The van der Waals surface area contributed by atoms with E-state index < -0.39 is 5.97 Å². The van der Waals surface area contributed by atoms with E-state index in [1.54, 1.807) is 24.3 Å². The van der Waals surface area contributed by atoms with Gasteiger partial charge in [-0.15, -0.1) is 0 Å². The summed E-state index contributed by atoms with van der Waals surface area (Å²) in [5, 5.41) is 11.5. The Morgan fingerprint density at radius 2 is 1.89 bits per heavy atom. The van der Waals surface area contributed by atoms with E-state index in [2.05, 4.69) is 19.2 Å². The number of hydrogen-bond acceptors (Lipinski definition) is 2. The summed E-state index contributed by atoms with van der Waals surface area (Å²) in [5.41, 5.74) is 1.57. The predicted molar refractivity (Wildman–Crippen MR) is 68.3 cm³/mol. The molecule has 1 aliphatic carbocycles. The van der Waals surface area contributed by atoms with E-state index in [9.17, 15) is 9.59 Å². The summed E-state index contributed by atoms with van der Waals surface area (Å²) in [6, 6.07) is 6.93. The van der Waals surface area contributed by atoms with Crippen LogP contribution in [0, 0.1) is 11.3 Å². The van der Waals surface area contributed by atoms with Gasteiger partial charge in [-0.05, 0) is 29.5 Å². The molecule has 2 N–H and O–H groups in total. The summed E-state index contributed by atoms with van der Waals surface area (Å²) in [6.07, 6.45) is 0.930. The molecule has 4 nitrogen and oxygen atoms in total. The molecule has 2 rings (SSSR count). The number of anilines is 1. The molecule has 0 bridgehead atoms. The molecular formula is C14H17NO3. The van der Waals surface area contributed by atoms with Gasteiger partial charge in [0.15, 0.2) is 0 Å². The zero-order chi connectivity index (χ0) is 13.3. The Morgan fingerprint density at radius 3 is 2.33 bits per heavy atom. The molecule has 0 spiro atoms. The number of hydrogen-bond donors (Lipinski definition) is 2. The van der Waals surface area contributed by atoms with Crippen LogP contribution in [-0.4, -0.2) is 17.0 Å². The fourth-order valence-corrected chi connectivity index (χ4v) is 2.02. The van der Waals surface area contributed by atoms with Crippen LogP contribution in [0.25, 0.3) is 0 Å². The Bertz CT molecular complexity index is 476. The van der Waals surface area contributed by atoms with Crippen molar-refractivity contribution in [2.75, 3.05) is 5.32 Å². The molecule has 0 aromatic heterocycles. The number of carboxylic acid groups (broad SMARTS) is 1. The smallest absolute Gasteiger partial charge is 0.307 e. The molecule has 96 valence electrons. The zero-order valence-corrected chi connectivity index (χ0v) is 10.6. The molecule has 0 saturated heterocycles. The van der Waals surface area contributed by atoms with E-state index in [-0.39, 0.29) is 23.7 Å². The summed E-state index contributed by atoms with van der Waals surface area (Å²) >= 11 is 0. The summed E-state index contributed by atoms with van der Waals surface area (Å²) in [4.78, 5) is 22.4. The van der Waals surface area contributed by atoms with E-state index in [4.69, 9.17) is 5.11 Å². The summed E-state index contributed by atoms with van der Waals surface area (Å²) in [7, 11) is 0. The van der Waals surface area contributed by atoms with Gasteiger partial charge in [-0.2, -0.15) is 0 Å². The van der Waals surface area contributed by atoms with Crippen LogP contribution in [0.3, 0.4) is 0 Å². The van der Waals surface area contributed by atoms with Crippen LogP contribution in [0.1, 0.15) is 25.8 Å². The minimum atomic E-state index is -0.855. The number of aliphatic carboxylic acids is 1. The molecule has 1 aromatic carbocycles. The van der Waals surface area contributed by atoms with Gasteiger partial charge in [0.1, 0.15) is 0 Å². The van der Waals surface area contributed by atoms with Crippen LogP contribution >= 0.6 is 0 Å². The number of carboxylic acids is 1. The van der Waals surface area contributed by atoms with Gasteiger partial charge in [0.25, 0.3) is 0 Å². The lowest BCUT2D eigenvalue weighted by atomic mass is 10.1. The number of nitrogens with one attached hydrogen (secondary N) is 1. The lowest BCUT2D eigenvalue weighted by molar-refractivity contribution is -0.136. The maximum Gasteiger partial charge on any atom is 0.307 e. The minimum Gasteiger partial charge on any atom is -0.481 e. The van der Waals surface area contributed by atoms with Gasteiger partial charge in [-0.25, -0.2) is 0 Å². The molecule has 1 fully saturated rings. The second-order valence-corrected chi connectivity index (χ2v) is 5.50. The maximum atomic E-state index is 11.8. The fraction of sp³-hybridized carbons (Fsp3) is 0.429. The topological polar surface area (TPSA) is 66.4 Å². The first-order valence-electron chi connectivity index (χ1n) is 6.00. The lowest BCUT2D eigenvalue weighted by Gasteiger charge is -2.07. The second kappa shape index (κ2) is 4.44. The first kappa shape index (κ1) is 12.6. The van der Waals surface area contributed by atoms with Crippen molar-refractivity contribution in [1.82, 2.24) is 0 Å². The third-order valence-electron chi connectivity index (χ3n) is 3.41. The Balaban J connectivity index is 1.94. The molecule has 1 aromatic rings. The Kier molecular flexibility index (Phi) is 3.11. The molecule has 1 amide bonds. The van der Waals surface area contributed by atoms with Crippen molar-refractivity contribution in [1.29, 1.82) is 0 Å². The molecule has 0 aliphatic heterocycles. The number of benzene rings is 1. The highest BCUT2D eigenvalue weighted by molar-refractivity contribution is 5.95. The molecule has 0 heterocycles. The Morgan fingerprint density at radius 1 is 1.33 bits per heavy atom. The van der Waals surface area contributed by atoms with Gasteiger partial charge in [0.2, 0.25) is 5.91 Å². The number of rotatable bonds is 4. The summed E-state index contributed by atoms with van der Waals surface area (Å²) in [6.45, 7) is 4.15. The number of amides is 1. The Hall–Kier alpha value is -1.84. The van der Waals surface area contributed by atoms with E-state index in [1.165, 1.54) is 0 Å². The SMILES string of the molecule is CC1(C)CC1C(=O)Nc1ccc(CC(=O)O)cc1. The fourth-order valence-electron chi connectivity index (χ4n) is 2.02. The molecule has 4 heteroatoms. The highest BCUT2D eigenvalue weighted by Gasteiger charge is 2.50. The van der Waals surface area contributed by atoms with E-state index in [0.29, 0.717) is 0 Å². The first-order valence-corrected chi connectivity index (χ1v) is 6.00. The largest absolute Gasteiger partial charge is 0.481 e. The van der Waals surface area contributed by atoms with Crippen molar-refractivity contribution >= 4 is 17.6 Å². The van der Waals surface area contributed by atoms with Gasteiger partial charge in [-0.1, -0.05) is 26.0 Å². The molecule has 1 atom stereocenters. The van der Waals surface area contributed by atoms with Crippen LogP contribution in [0.4, 0.5) is 5.69 Å². The quantitative estimate of drug-likeness (QED) is 0.858. The van der Waals surface area contributed by atoms with Crippen LogP contribution in [0.15, 0.2) is 24.3 Å². The van der Waals surface area contributed by atoms with Crippen molar-refractivity contribution in [2.24, 2.45) is 11.3 Å². The number of carbonyl (C=O) groups is 2. The average molecular weight is 247 g/mol. The van der Waals surface area contributed by atoms with Gasteiger partial charge in [0, 0.05) is 11.6 Å². The van der Waals surface area contributed by atoms with Crippen LogP contribution in [0.5, 0.6) is 0 Å². The number of carbonyl (C=O) groups excluding carboxylic acids is 1. The van der Waals surface area contributed by atoms with E-state index in [0.717, 1.165) is 17.7 Å². The molecule has 1 unspecified atom stereocenters. The van der Waals surface area contributed by atoms with Crippen LogP contribution < -0.4 is 5.32 Å². The highest BCUT2D eigenvalue weighted by Crippen LogP contribution is 2.51. The second-order valence-electron chi connectivity index (χ2n) is 5.50. The van der Waals surface area contributed by atoms with Gasteiger partial charge >= 0.3 is 5.97 Å². The predicted octanol–water partition coefficient (Wildman–Crippen LogP) is 2.30. The van der Waals surface area contributed by atoms with Gasteiger partial charge < -0.3 is 10.4 Å². The summed E-state index contributed by atoms with van der Waals surface area (Å²) in [5.74, 6) is -0.714. The van der Waals surface area contributed by atoms with Gasteiger partial charge in [-0.3, -0.25) is 9.59 Å². The standard InChI is InChI=1S/C14H17NO3/c1-14(2)8-11(14)13(18)15-10-5-3-9(4-6-10)7-12(16)17/h3-6,11H,7-8H2,1-2H3,(H,15,18)(H,16,17). The van der Waals surface area contributed by atoms with Crippen molar-refractivity contribution in [3.63, 3.8) is 0 Å². The van der Waals surface area contributed by atoms with Crippen molar-refractivity contribution in [3.05, 3.63) is 29.8 Å². The average Bonchev–Trinajstić information content (AvgIpc) is 2.90. The van der Waals surface area contributed by atoms with Crippen molar-refractivity contribution in [2.45, 2.75) is 26.7 Å². The van der Waals surface area contributed by atoms with E-state index >= 15 is 0 Å². The molecule has 0 radical (unpaired) electrons. The Labute approximate surface area is 106 Å². The third kappa shape index (κ3) is 2.88. The molecule has 1 saturated carbocycles. The minimum absolute atomic E-state index is 0.00385. The maximum absolute atomic E-state index is 11.8. The zero-order valence-electron chi connectivity index (χ0n) is 10.6. The monoisotopic (exact) mass is 247 g/mol. The highest BCUT2D eigenvalue weighted by atomic mass is 16.4. The third-order valence-corrected chi connectivity index (χ3v) is 3.41. The normalized spacial score (nSPS) is 20.2. The molecule has 18 heavy (non-hydrogen) atoms. The van der Waals surface area contributed by atoms with Crippen molar-refractivity contribution < 1.29 is 14.7 Å². The molecule has 1 aliphatic rings. The van der Waals surface area contributed by atoms with Crippen molar-refractivity contribution in [3.8, 4) is 0 Å². The molecular weight excluding hydrogens is 230 g/mol. The van der Waals surface area contributed by atoms with Crippen LogP contribution in [-0.2, 0) is 16.0 Å². The lowest BCUT2D eigenvalue weighted by Crippen LogP contribution is -2.16. The van der Waals surface area contributed by atoms with Gasteiger partial charge in [0.05, 0.1) is 6.42 Å². The van der Waals surface area contributed by atoms with E-state index in [1.807, 2.05) is 0 Å².